The first-order chi connectivity index (χ1) is 8.02. The predicted octanol–water partition coefficient (Wildman–Crippen LogP) is 2.49. The molecule has 1 unspecified atom stereocenters. The van der Waals surface area contributed by atoms with E-state index in [1.807, 2.05) is 32.0 Å². The maximum absolute atomic E-state index is 11.6. The summed E-state index contributed by atoms with van der Waals surface area (Å²) in [5, 5.41) is 14.3. The van der Waals surface area contributed by atoms with Crippen molar-refractivity contribution in [2.75, 3.05) is 11.9 Å². The highest BCUT2D eigenvalue weighted by atomic mass is 127. The van der Waals surface area contributed by atoms with Crippen LogP contribution in [0.3, 0.4) is 0 Å². The number of urea groups is 1. The second-order valence-corrected chi connectivity index (χ2v) is 5.22. The molecule has 1 aromatic carbocycles. The van der Waals surface area contributed by atoms with Gasteiger partial charge in [-0.3, -0.25) is 0 Å². The first kappa shape index (κ1) is 14.2. The van der Waals surface area contributed by atoms with E-state index in [0.717, 1.165) is 14.8 Å². The van der Waals surface area contributed by atoms with Crippen molar-refractivity contribution in [2.45, 2.75) is 26.3 Å². The molecule has 0 saturated carbocycles. The Hall–Kier alpha value is -0.820. The summed E-state index contributed by atoms with van der Waals surface area (Å²) in [5.74, 6) is 0. The van der Waals surface area contributed by atoms with Gasteiger partial charge in [0.15, 0.2) is 0 Å². The number of aliphatic hydroxyl groups excluding tert-OH is 1. The lowest BCUT2D eigenvalue weighted by atomic mass is 10.2. The molecule has 3 N–H and O–H groups in total. The van der Waals surface area contributed by atoms with Crippen LogP contribution in [0.25, 0.3) is 0 Å². The van der Waals surface area contributed by atoms with E-state index in [-0.39, 0.29) is 18.7 Å². The summed E-state index contributed by atoms with van der Waals surface area (Å²) in [6, 6.07) is 5.56. The minimum Gasteiger partial charge on any atom is -0.396 e. The molecule has 0 heterocycles. The van der Waals surface area contributed by atoms with Gasteiger partial charge in [0.1, 0.15) is 0 Å². The van der Waals surface area contributed by atoms with Crippen molar-refractivity contribution in [3.63, 3.8) is 0 Å². The van der Waals surface area contributed by atoms with E-state index >= 15 is 0 Å². The van der Waals surface area contributed by atoms with E-state index in [9.17, 15) is 4.79 Å². The van der Waals surface area contributed by atoms with Gasteiger partial charge >= 0.3 is 6.03 Å². The topological polar surface area (TPSA) is 61.4 Å². The van der Waals surface area contributed by atoms with Crippen molar-refractivity contribution in [3.05, 3.63) is 27.3 Å². The highest BCUT2D eigenvalue weighted by molar-refractivity contribution is 14.1. The van der Waals surface area contributed by atoms with Crippen LogP contribution in [0.1, 0.15) is 18.9 Å². The van der Waals surface area contributed by atoms with E-state index in [0.29, 0.717) is 6.42 Å². The maximum Gasteiger partial charge on any atom is 0.319 e. The summed E-state index contributed by atoms with van der Waals surface area (Å²) in [6.07, 6.45) is 0.555. The van der Waals surface area contributed by atoms with Crippen LogP contribution >= 0.6 is 22.6 Å². The molecule has 0 bridgehead atoms. The van der Waals surface area contributed by atoms with Crippen molar-refractivity contribution >= 4 is 34.3 Å². The quantitative estimate of drug-likeness (QED) is 0.733. The van der Waals surface area contributed by atoms with Crippen molar-refractivity contribution in [1.29, 1.82) is 0 Å². The number of aliphatic hydroxyl groups is 1. The van der Waals surface area contributed by atoms with Gasteiger partial charge in [0.2, 0.25) is 0 Å². The minimum absolute atomic E-state index is 0.0378. The number of carbonyl (C=O) groups is 1. The SMILES string of the molecule is Cc1cc(I)ccc1NC(=O)NC(C)CCO. The summed E-state index contributed by atoms with van der Waals surface area (Å²) < 4.78 is 1.14. The molecular weight excluding hydrogens is 331 g/mol. The Kier molecular flexibility index (Phi) is 5.70. The van der Waals surface area contributed by atoms with Gasteiger partial charge < -0.3 is 15.7 Å². The zero-order valence-electron chi connectivity index (χ0n) is 9.96. The Bertz CT molecular complexity index is 396. The number of anilines is 1. The van der Waals surface area contributed by atoms with Crippen LogP contribution in [-0.4, -0.2) is 23.8 Å². The van der Waals surface area contributed by atoms with Gasteiger partial charge in [0.25, 0.3) is 0 Å². The summed E-state index contributed by atoms with van der Waals surface area (Å²) in [7, 11) is 0. The van der Waals surface area contributed by atoms with Crippen molar-refractivity contribution in [2.24, 2.45) is 0 Å². The number of rotatable bonds is 4. The number of benzene rings is 1. The van der Waals surface area contributed by atoms with E-state index in [4.69, 9.17) is 5.11 Å². The van der Waals surface area contributed by atoms with Crippen LogP contribution in [0.5, 0.6) is 0 Å². The summed E-state index contributed by atoms with van der Waals surface area (Å²) in [4.78, 5) is 11.6. The fourth-order valence-corrected chi connectivity index (χ4v) is 2.06. The molecule has 1 aromatic rings. The number of amides is 2. The van der Waals surface area contributed by atoms with Gasteiger partial charge in [-0.25, -0.2) is 4.79 Å². The Morgan fingerprint density at radius 3 is 2.82 bits per heavy atom. The average molecular weight is 348 g/mol. The molecule has 1 rings (SSSR count). The van der Waals surface area contributed by atoms with Crippen LogP contribution < -0.4 is 10.6 Å². The normalized spacial score (nSPS) is 12.0. The standard InChI is InChI=1S/C12H17IN2O2/c1-8-7-10(13)3-4-11(8)15-12(17)14-9(2)5-6-16/h3-4,7,9,16H,5-6H2,1-2H3,(H2,14,15,17). The fourth-order valence-electron chi connectivity index (χ4n) is 1.42. The van der Waals surface area contributed by atoms with Gasteiger partial charge in [0.05, 0.1) is 0 Å². The first-order valence-corrected chi connectivity index (χ1v) is 6.55. The Morgan fingerprint density at radius 2 is 2.24 bits per heavy atom. The lowest BCUT2D eigenvalue weighted by molar-refractivity contribution is 0.241. The van der Waals surface area contributed by atoms with Gasteiger partial charge in [-0.15, -0.1) is 0 Å². The van der Waals surface area contributed by atoms with E-state index < -0.39 is 0 Å². The molecule has 17 heavy (non-hydrogen) atoms. The molecule has 5 heteroatoms. The Labute approximate surface area is 115 Å². The Balaban J connectivity index is 2.56. The van der Waals surface area contributed by atoms with Gasteiger partial charge in [-0.2, -0.15) is 0 Å². The van der Waals surface area contributed by atoms with Crippen LogP contribution in [0.4, 0.5) is 10.5 Å². The highest BCUT2D eigenvalue weighted by Gasteiger charge is 2.08. The van der Waals surface area contributed by atoms with Crippen molar-refractivity contribution < 1.29 is 9.90 Å². The fraction of sp³-hybridized carbons (Fsp3) is 0.417. The lowest BCUT2D eigenvalue weighted by Gasteiger charge is -2.14. The highest BCUT2D eigenvalue weighted by Crippen LogP contribution is 2.17. The summed E-state index contributed by atoms with van der Waals surface area (Å²) in [5.41, 5.74) is 1.83. The third kappa shape index (κ3) is 4.91. The first-order valence-electron chi connectivity index (χ1n) is 5.47. The number of hydrogen-bond donors (Lipinski definition) is 3. The second kappa shape index (κ2) is 6.80. The molecule has 1 atom stereocenters. The van der Waals surface area contributed by atoms with Crippen LogP contribution in [-0.2, 0) is 0 Å². The number of nitrogens with one attached hydrogen (secondary N) is 2. The zero-order valence-corrected chi connectivity index (χ0v) is 12.1. The smallest absolute Gasteiger partial charge is 0.319 e. The molecule has 0 aliphatic carbocycles. The average Bonchev–Trinajstić information content (AvgIpc) is 2.22. The van der Waals surface area contributed by atoms with Gasteiger partial charge in [-0.1, -0.05) is 0 Å². The summed E-state index contributed by atoms with van der Waals surface area (Å²) >= 11 is 2.23. The third-order valence-electron chi connectivity index (χ3n) is 2.38. The zero-order chi connectivity index (χ0) is 12.8. The van der Waals surface area contributed by atoms with Gasteiger partial charge in [-0.05, 0) is 66.6 Å². The van der Waals surface area contributed by atoms with E-state index in [1.165, 1.54) is 0 Å². The van der Waals surface area contributed by atoms with Crippen LogP contribution in [0, 0.1) is 10.5 Å². The Morgan fingerprint density at radius 1 is 1.53 bits per heavy atom. The largest absolute Gasteiger partial charge is 0.396 e. The molecule has 2 amide bonds. The van der Waals surface area contributed by atoms with Crippen molar-refractivity contribution in [3.8, 4) is 0 Å². The van der Waals surface area contributed by atoms with E-state index in [1.54, 1.807) is 0 Å². The minimum atomic E-state index is -0.241. The molecule has 0 aliphatic rings. The van der Waals surface area contributed by atoms with E-state index in [2.05, 4.69) is 33.2 Å². The molecule has 0 spiro atoms. The lowest BCUT2D eigenvalue weighted by Crippen LogP contribution is -2.36. The predicted molar refractivity (Wildman–Crippen MR) is 77.2 cm³/mol. The molecule has 94 valence electrons. The number of aryl methyl sites for hydroxylation is 1. The van der Waals surface area contributed by atoms with Crippen LogP contribution in [0.2, 0.25) is 0 Å². The maximum atomic E-state index is 11.6. The molecular formula is C12H17IN2O2. The van der Waals surface area contributed by atoms with Crippen molar-refractivity contribution in [1.82, 2.24) is 5.32 Å². The number of hydrogen-bond acceptors (Lipinski definition) is 2. The number of halogens is 1. The van der Waals surface area contributed by atoms with Crippen LogP contribution in [0.15, 0.2) is 18.2 Å². The van der Waals surface area contributed by atoms with Gasteiger partial charge in [0, 0.05) is 21.9 Å². The molecule has 0 fully saturated rings. The molecule has 4 nitrogen and oxygen atoms in total. The third-order valence-corrected chi connectivity index (χ3v) is 3.05. The molecule has 0 saturated heterocycles. The molecule has 0 aromatic heterocycles. The summed E-state index contributed by atoms with van der Waals surface area (Å²) in [6.45, 7) is 3.88. The number of carbonyl (C=O) groups excluding carboxylic acids is 1. The molecule has 0 radical (unpaired) electrons. The molecule has 0 aliphatic heterocycles. The second-order valence-electron chi connectivity index (χ2n) is 3.97. The monoisotopic (exact) mass is 348 g/mol.